The number of amides is 2. The number of benzene rings is 3. The van der Waals surface area contributed by atoms with Crippen molar-refractivity contribution in [2.24, 2.45) is 0 Å². The predicted octanol–water partition coefficient (Wildman–Crippen LogP) is 6.44. The number of anilines is 3. The molecule has 5 aromatic rings. The van der Waals surface area contributed by atoms with Crippen molar-refractivity contribution in [2.45, 2.75) is 33.1 Å². The largest absolute Gasteiger partial charge is 0.352 e. The zero-order valence-electron chi connectivity index (χ0n) is 23.0. The number of rotatable bonds is 7. The molecule has 0 fully saturated rings. The van der Waals surface area contributed by atoms with Gasteiger partial charge < -0.3 is 20.4 Å². The van der Waals surface area contributed by atoms with Gasteiger partial charge in [0.2, 0.25) is 0 Å². The van der Waals surface area contributed by atoms with Crippen molar-refractivity contribution in [1.82, 2.24) is 19.7 Å². The highest BCUT2D eigenvalue weighted by Crippen LogP contribution is 2.27. The second kappa shape index (κ2) is 11.0. The van der Waals surface area contributed by atoms with Crippen LogP contribution in [-0.4, -0.2) is 32.7 Å². The molecule has 3 N–H and O–H groups in total. The summed E-state index contributed by atoms with van der Waals surface area (Å²) in [6.45, 7) is 8.90. The molecule has 0 aliphatic rings. The van der Waals surface area contributed by atoms with E-state index >= 15 is 0 Å². The van der Waals surface area contributed by atoms with Crippen molar-refractivity contribution in [2.75, 3.05) is 17.2 Å². The molecule has 0 aliphatic carbocycles. The van der Waals surface area contributed by atoms with Crippen LogP contribution in [0.3, 0.4) is 0 Å². The lowest BCUT2D eigenvalue weighted by atomic mass is 9.87. The lowest BCUT2D eigenvalue weighted by Crippen LogP contribution is -2.22. The fourth-order valence-corrected chi connectivity index (χ4v) is 4.34. The third kappa shape index (κ3) is 5.86. The van der Waals surface area contributed by atoms with Crippen LogP contribution in [0, 0.1) is 0 Å². The van der Waals surface area contributed by atoms with Gasteiger partial charge in [0.1, 0.15) is 0 Å². The summed E-state index contributed by atoms with van der Waals surface area (Å²) in [6.07, 6.45) is 5.47. The minimum Gasteiger partial charge on any atom is -0.352 e. The molecule has 2 heterocycles. The fraction of sp³-hybridized carbons (Fsp3) is 0.188. The normalized spacial score (nSPS) is 11.3. The van der Waals surface area contributed by atoms with Crippen molar-refractivity contribution in [3.05, 3.63) is 108 Å². The smallest absolute Gasteiger partial charge is 0.255 e. The van der Waals surface area contributed by atoms with Crippen LogP contribution < -0.4 is 16.0 Å². The number of hydrogen-bond donors (Lipinski definition) is 3. The van der Waals surface area contributed by atoms with Gasteiger partial charge in [-0.1, -0.05) is 45.0 Å². The van der Waals surface area contributed by atoms with Gasteiger partial charge in [-0.05, 0) is 66.4 Å². The van der Waals surface area contributed by atoms with Crippen molar-refractivity contribution in [1.29, 1.82) is 0 Å². The van der Waals surface area contributed by atoms with Gasteiger partial charge in [0.15, 0.2) is 11.5 Å². The van der Waals surface area contributed by atoms with E-state index in [1.54, 1.807) is 18.3 Å². The van der Waals surface area contributed by atoms with Gasteiger partial charge >= 0.3 is 0 Å². The van der Waals surface area contributed by atoms with E-state index in [-0.39, 0.29) is 17.2 Å². The van der Waals surface area contributed by atoms with Crippen LogP contribution in [0.2, 0.25) is 0 Å². The third-order valence-corrected chi connectivity index (χ3v) is 6.55. The van der Waals surface area contributed by atoms with Gasteiger partial charge in [-0.2, -0.15) is 0 Å². The second-order valence-electron chi connectivity index (χ2n) is 10.6. The molecular formula is C32H32N6O2. The highest BCUT2D eigenvalue weighted by atomic mass is 16.2. The number of nitrogens with one attached hydrogen (secondary N) is 3. The van der Waals surface area contributed by atoms with Crippen molar-refractivity contribution in [3.63, 3.8) is 0 Å². The predicted molar refractivity (Wildman–Crippen MR) is 159 cm³/mol. The first-order valence-electron chi connectivity index (χ1n) is 13.2. The first-order valence-corrected chi connectivity index (χ1v) is 13.2. The molecule has 0 saturated carbocycles. The molecule has 0 unspecified atom stereocenters. The molecule has 0 bridgehead atoms. The average Bonchev–Trinajstić information content (AvgIpc) is 3.43. The number of hydrogen-bond acceptors (Lipinski definition) is 5. The molecule has 202 valence electrons. The summed E-state index contributed by atoms with van der Waals surface area (Å²) in [7, 11) is 0. The lowest BCUT2D eigenvalue weighted by molar-refractivity contribution is 0.0955. The van der Waals surface area contributed by atoms with Crippen molar-refractivity contribution < 1.29 is 9.59 Å². The summed E-state index contributed by atoms with van der Waals surface area (Å²) in [4.78, 5) is 34.3. The summed E-state index contributed by atoms with van der Waals surface area (Å²) < 4.78 is 1.90. The summed E-state index contributed by atoms with van der Waals surface area (Å²) in [5, 5.41) is 9.13. The van der Waals surface area contributed by atoms with Gasteiger partial charge in [-0.15, -0.1) is 0 Å². The Labute approximate surface area is 233 Å². The van der Waals surface area contributed by atoms with Crippen molar-refractivity contribution in [3.8, 4) is 11.3 Å². The Kier molecular flexibility index (Phi) is 7.33. The number of fused-ring (bicyclic) bond motifs is 1. The van der Waals surface area contributed by atoms with Crippen LogP contribution in [0.1, 0.15) is 54.0 Å². The maximum atomic E-state index is 12.9. The lowest BCUT2D eigenvalue weighted by Gasteiger charge is -2.19. The van der Waals surface area contributed by atoms with Gasteiger partial charge in [0, 0.05) is 53.2 Å². The monoisotopic (exact) mass is 532 g/mol. The molecule has 5 rings (SSSR count). The number of imidazole rings is 1. The van der Waals surface area contributed by atoms with Crippen LogP contribution in [0.4, 0.5) is 17.2 Å². The highest BCUT2D eigenvalue weighted by molar-refractivity contribution is 6.04. The average molecular weight is 533 g/mol. The Balaban J connectivity index is 1.38. The number of aromatic nitrogens is 3. The number of carbonyl (C=O) groups excluding carboxylic acids is 2. The summed E-state index contributed by atoms with van der Waals surface area (Å²) >= 11 is 0. The van der Waals surface area contributed by atoms with E-state index < -0.39 is 0 Å². The highest BCUT2D eigenvalue weighted by Gasteiger charge is 2.15. The Hall–Kier alpha value is -4.98. The maximum absolute atomic E-state index is 12.9. The van der Waals surface area contributed by atoms with Gasteiger partial charge in [-0.3, -0.25) is 9.59 Å². The second-order valence-corrected chi connectivity index (χ2v) is 10.6. The number of nitrogens with zero attached hydrogens (tertiary/aromatic N) is 3. The molecule has 0 spiro atoms. The van der Waals surface area contributed by atoms with Crippen LogP contribution in [0.5, 0.6) is 0 Å². The van der Waals surface area contributed by atoms with Gasteiger partial charge in [0.25, 0.3) is 11.8 Å². The van der Waals surface area contributed by atoms with E-state index in [1.807, 2.05) is 84.4 Å². The van der Waals surface area contributed by atoms with Crippen molar-refractivity contribution >= 4 is 34.7 Å². The van der Waals surface area contributed by atoms with E-state index in [2.05, 4.69) is 41.7 Å². The molecule has 8 heteroatoms. The summed E-state index contributed by atoms with van der Waals surface area (Å²) in [5.41, 5.74) is 6.05. The van der Waals surface area contributed by atoms with E-state index in [0.717, 1.165) is 11.3 Å². The number of carbonyl (C=O) groups is 2. The Morgan fingerprint density at radius 1 is 0.875 bits per heavy atom. The van der Waals surface area contributed by atoms with E-state index in [0.29, 0.717) is 40.5 Å². The first kappa shape index (κ1) is 26.6. The molecule has 3 aromatic carbocycles. The molecule has 2 amide bonds. The molecule has 2 aromatic heterocycles. The Morgan fingerprint density at radius 3 is 2.27 bits per heavy atom. The summed E-state index contributed by atoms with van der Waals surface area (Å²) in [6, 6.07) is 22.5. The molecule has 0 aliphatic heterocycles. The molecule has 0 saturated heterocycles. The van der Waals surface area contributed by atoms with Gasteiger partial charge in [-0.25, -0.2) is 9.97 Å². The molecule has 0 radical (unpaired) electrons. The van der Waals surface area contributed by atoms with Crippen LogP contribution in [-0.2, 0) is 5.41 Å². The molecular weight excluding hydrogens is 500 g/mol. The molecule has 8 nitrogen and oxygen atoms in total. The minimum atomic E-state index is -0.172. The van der Waals surface area contributed by atoms with E-state index in [1.165, 1.54) is 5.56 Å². The minimum absolute atomic E-state index is 0.0228. The quantitative estimate of drug-likeness (QED) is 0.224. The van der Waals surface area contributed by atoms with Crippen LogP contribution in [0.15, 0.2) is 91.4 Å². The summed E-state index contributed by atoms with van der Waals surface area (Å²) in [5.74, 6) is 0.286. The third-order valence-electron chi connectivity index (χ3n) is 6.55. The standard InChI is InChI=1S/C32H32N6O2/c1-5-33-30(39)21-11-15-25(16-12-21)35-28-29-34-17-18-38(29)20-27(37-28)23-7-6-8-26(19-23)36-31(40)22-9-13-24(14-10-22)32(2,3)4/h6-20H,5H2,1-4H3,(H,33,39)(H,35,37)(H,36,40). The maximum Gasteiger partial charge on any atom is 0.255 e. The Bertz CT molecular complexity index is 1670. The van der Waals surface area contributed by atoms with E-state index in [4.69, 9.17) is 4.98 Å². The molecule has 40 heavy (non-hydrogen) atoms. The Morgan fingerprint density at radius 2 is 1.57 bits per heavy atom. The topological polar surface area (TPSA) is 100 Å². The fourth-order valence-electron chi connectivity index (χ4n) is 4.34. The van der Waals surface area contributed by atoms with Gasteiger partial charge in [0.05, 0.1) is 5.69 Å². The SMILES string of the molecule is CCNC(=O)c1ccc(Nc2nc(-c3cccc(NC(=O)c4ccc(C(C)(C)C)cc4)c3)cn3ccnc23)cc1. The zero-order valence-corrected chi connectivity index (χ0v) is 23.0. The first-order chi connectivity index (χ1) is 19.2. The van der Waals surface area contributed by atoms with E-state index in [9.17, 15) is 9.59 Å². The molecule has 0 atom stereocenters. The van der Waals surface area contributed by atoms with Crippen LogP contribution >= 0.6 is 0 Å². The van der Waals surface area contributed by atoms with Crippen LogP contribution in [0.25, 0.3) is 16.9 Å². The zero-order chi connectivity index (χ0) is 28.3.